The maximum atomic E-state index is 3.37. The van der Waals surface area contributed by atoms with E-state index in [0.717, 1.165) is 0 Å². The molecule has 0 aromatic heterocycles. The molecule has 0 aliphatic rings. The van der Waals surface area contributed by atoms with E-state index in [1.807, 2.05) is 0 Å². The minimum absolute atomic E-state index is 0. The molecule has 0 atom stereocenters. The van der Waals surface area contributed by atoms with Gasteiger partial charge in [0, 0.05) is 0 Å². The Morgan fingerprint density at radius 2 is 0.295 bits per heavy atom. The van der Waals surface area contributed by atoms with Crippen molar-refractivity contribution in [3.63, 3.8) is 0 Å². The largest absolute Gasteiger partial charge is 1.00 e. The summed E-state index contributed by atoms with van der Waals surface area (Å²) in [6, 6.07) is 47.3. The molecule has 6 heteroatoms. The van der Waals surface area contributed by atoms with Crippen LogP contribution in [0.1, 0.15) is 100 Å². The third kappa shape index (κ3) is 14.6. The average molecular weight is 1370 g/mol. The van der Waals surface area contributed by atoms with E-state index in [4.69, 9.17) is 0 Å². The zero-order chi connectivity index (χ0) is 54.9. The van der Waals surface area contributed by atoms with Gasteiger partial charge in [-0.3, -0.25) is 0 Å². The molecule has 0 saturated heterocycles. The fourth-order valence-electron chi connectivity index (χ4n) is 12.4. The first-order chi connectivity index (χ1) is 35.4. The van der Waals surface area contributed by atoms with E-state index in [9.17, 15) is 0 Å². The number of rotatable bonds is 6. The maximum Gasteiger partial charge on any atom is 1.00 e. The number of aryl methyl sites for hydroxylation is 18. The third-order valence-corrected chi connectivity index (χ3v) is 17.5. The van der Waals surface area contributed by atoms with Crippen molar-refractivity contribution in [2.24, 2.45) is 0 Å². The van der Waals surface area contributed by atoms with E-state index in [2.05, 4.69) is 300 Å². The Balaban J connectivity index is 0.000000248. The van der Waals surface area contributed by atoms with Crippen LogP contribution in [0, 0.1) is 125 Å². The minimum atomic E-state index is 0. The molecule has 0 aliphatic carbocycles. The van der Waals surface area contributed by atoms with E-state index in [1.165, 1.54) is 180 Å². The fraction of sp³-hybridized carbons (Fsp3) is 0.250. The Hall–Kier alpha value is -3.90. The Labute approximate surface area is 526 Å². The van der Waals surface area contributed by atoms with Gasteiger partial charge >= 0.3 is 532 Å². The van der Waals surface area contributed by atoms with Crippen LogP contribution in [0.25, 0.3) is 66.8 Å². The van der Waals surface area contributed by atoms with Crippen LogP contribution in [-0.4, -0.2) is 48.0 Å². The fourth-order valence-corrected chi connectivity index (χ4v) is 14.6. The second-order valence-electron chi connectivity index (χ2n) is 21.7. The summed E-state index contributed by atoms with van der Waals surface area (Å²) in [6.07, 6.45) is 0. The van der Waals surface area contributed by atoms with Gasteiger partial charge in [0.2, 0.25) is 0 Å². The molecule has 9 aromatic carbocycles. The van der Waals surface area contributed by atoms with Gasteiger partial charge in [-0.05, 0) is 0 Å². The second kappa shape index (κ2) is 28.2. The minimum Gasteiger partial charge on any atom is 1.00 e. The van der Waals surface area contributed by atoms with Gasteiger partial charge in [0.15, 0.2) is 0 Å². The molecule has 0 amide bonds. The van der Waals surface area contributed by atoms with Crippen molar-refractivity contribution < 1.29 is 51.2 Å². The normalized spacial score (nSPS) is 10.5. The van der Waals surface area contributed by atoms with Crippen LogP contribution in [0.5, 0.6) is 0 Å². The third-order valence-electron chi connectivity index (χ3n) is 14.7. The molecule has 414 valence electrons. The summed E-state index contributed by atoms with van der Waals surface area (Å²) >= 11 is 10.1. The summed E-state index contributed by atoms with van der Waals surface area (Å²) in [5, 5.41) is 0. The first-order valence-corrected chi connectivity index (χ1v) is 28.8. The summed E-state index contributed by atoms with van der Waals surface area (Å²) in [4.78, 5) is 0. The molecule has 9 aromatic rings. The average Bonchev–Trinajstić information content (AvgIpc) is 3.28. The van der Waals surface area contributed by atoms with Crippen molar-refractivity contribution in [1.82, 2.24) is 0 Å². The van der Waals surface area contributed by atoms with E-state index >= 15 is 0 Å². The van der Waals surface area contributed by atoms with Crippen molar-refractivity contribution in [2.75, 3.05) is 0 Å². The van der Waals surface area contributed by atoms with Gasteiger partial charge in [-0.15, -0.1) is 0 Å². The van der Waals surface area contributed by atoms with Gasteiger partial charge in [0.05, 0.1) is 0 Å². The molecule has 0 spiro atoms. The molecule has 0 saturated carbocycles. The second-order valence-corrected chi connectivity index (χ2v) is 24.3. The van der Waals surface area contributed by atoms with Crippen LogP contribution in [0.3, 0.4) is 0 Å². The summed E-state index contributed by atoms with van der Waals surface area (Å²) < 4.78 is 3.73. The molecule has 0 heterocycles. The van der Waals surface area contributed by atoms with Crippen LogP contribution < -0.4 is 13.4 Å². The SMILES string of the molecule is Cc1cc(C)c(-c2cccc(-c3c(C)cc(C)cc3C)c2[Se-])c(C)c1.Cc1cc(C)c(-c2cccc(-c3c(C)cc(C)cc3C)c2[Se-])c(C)c1.Cc1cc(C)c(-c2cccc(-c3c(C)cc(C)cc3C)c2[Se-])c(C)c1.[Cu+].[Cu+].[Cu+]. The Kier molecular flexibility index (Phi) is 24.1. The molecular formula is C72H75Cu3Se3. The first-order valence-electron chi connectivity index (χ1n) is 26.3. The Bertz CT molecular complexity index is 2930. The number of hydrogen-bond acceptors (Lipinski definition) is 0. The molecule has 78 heavy (non-hydrogen) atoms. The molecule has 0 bridgehead atoms. The van der Waals surface area contributed by atoms with Crippen molar-refractivity contribution in [1.29, 1.82) is 0 Å². The monoisotopic (exact) mass is 1370 g/mol. The zero-order valence-electron chi connectivity index (χ0n) is 48.8. The van der Waals surface area contributed by atoms with Crippen LogP contribution in [-0.2, 0) is 51.2 Å². The molecule has 0 unspecified atom stereocenters. The molecular weight excluding hydrogens is 1290 g/mol. The molecule has 0 nitrogen and oxygen atoms in total. The van der Waals surface area contributed by atoms with Gasteiger partial charge < -0.3 is 0 Å². The molecule has 0 N–H and O–H groups in total. The molecule has 0 fully saturated rings. The predicted octanol–water partition coefficient (Wildman–Crippen LogP) is 17.0. The van der Waals surface area contributed by atoms with Crippen LogP contribution >= 0.6 is 0 Å². The van der Waals surface area contributed by atoms with Crippen molar-refractivity contribution in [2.45, 2.75) is 125 Å². The smallest absolute Gasteiger partial charge is 1.00 e. The summed E-state index contributed by atoms with van der Waals surface area (Å²) in [6.45, 7) is 39.5. The van der Waals surface area contributed by atoms with E-state index < -0.39 is 0 Å². The molecule has 9 rings (SSSR count). The van der Waals surface area contributed by atoms with Crippen LogP contribution in [0.2, 0.25) is 0 Å². The van der Waals surface area contributed by atoms with Crippen LogP contribution in [0.15, 0.2) is 127 Å². The van der Waals surface area contributed by atoms with Gasteiger partial charge in [-0.1, -0.05) is 0 Å². The van der Waals surface area contributed by atoms with Gasteiger partial charge in [0.1, 0.15) is 0 Å². The van der Waals surface area contributed by atoms with Crippen LogP contribution in [0.4, 0.5) is 0 Å². The number of hydrogen-bond donors (Lipinski definition) is 0. The Morgan fingerprint density at radius 1 is 0.192 bits per heavy atom. The summed E-state index contributed by atoms with van der Waals surface area (Å²) in [7, 11) is 0. The predicted molar refractivity (Wildman–Crippen MR) is 333 cm³/mol. The van der Waals surface area contributed by atoms with Gasteiger partial charge in [-0.2, -0.15) is 0 Å². The van der Waals surface area contributed by atoms with Crippen molar-refractivity contribution in [3.8, 4) is 66.8 Å². The molecule has 0 radical (unpaired) electrons. The van der Waals surface area contributed by atoms with E-state index in [0.29, 0.717) is 0 Å². The zero-order valence-corrected chi connectivity index (χ0v) is 56.7. The van der Waals surface area contributed by atoms with Gasteiger partial charge in [0.25, 0.3) is 0 Å². The first kappa shape index (κ1) is 66.6. The number of benzene rings is 9. The summed E-state index contributed by atoms with van der Waals surface area (Å²) in [5.74, 6) is 0. The van der Waals surface area contributed by atoms with Crippen molar-refractivity contribution >= 4 is 61.4 Å². The van der Waals surface area contributed by atoms with E-state index in [1.54, 1.807) is 0 Å². The maximum absolute atomic E-state index is 3.37. The molecule has 0 aliphatic heterocycles. The Morgan fingerprint density at radius 3 is 0.397 bits per heavy atom. The summed E-state index contributed by atoms with van der Waals surface area (Å²) in [5.41, 5.74) is 39.9. The van der Waals surface area contributed by atoms with E-state index in [-0.39, 0.29) is 51.2 Å². The quantitative estimate of drug-likeness (QED) is 0.146. The topological polar surface area (TPSA) is 0 Å². The van der Waals surface area contributed by atoms with Gasteiger partial charge in [-0.25, -0.2) is 0 Å². The van der Waals surface area contributed by atoms with Crippen molar-refractivity contribution in [3.05, 3.63) is 228 Å². The standard InChI is InChI=1S/3C24H26Se.3Cu/c3*1-14-10-16(3)22(17(4)11-14)20-8-7-9-21(24(20)25)23-18(5)12-15(2)13-19(23)6;;;/h3*7-13,25H,1-6H3;;;/q;;;3*+1/p-3.